The van der Waals surface area contributed by atoms with Crippen LogP contribution in [0.15, 0.2) is 43.0 Å². The summed E-state index contributed by atoms with van der Waals surface area (Å²) in [6.07, 6.45) is 4.07. The van der Waals surface area contributed by atoms with Crippen LogP contribution in [0, 0.1) is 11.3 Å². The SMILES string of the molecule is COC1(C)CCC(n2ccnc2)=CC1N(C)c1ccc(C#N)c(C(F)(F)F)c1. The van der Waals surface area contributed by atoms with Crippen molar-refractivity contribution >= 4 is 11.4 Å². The average Bonchev–Trinajstić information content (AvgIpc) is 3.21. The minimum absolute atomic E-state index is 0.308. The van der Waals surface area contributed by atoms with Gasteiger partial charge in [-0.2, -0.15) is 18.4 Å². The number of hydrogen-bond acceptors (Lipinski definition) is 4. The van der Waals surface area contributed by atoms with Crippen molar-refractivity contribution in [2.24, 2.45) is 0 Å². The molecule has 0 aliphatic heterocycles. The van der Waals surface area contributed by atoms with Gasteiger partial charge in [0.2, 0.25) is 0 Å². The first kappa shape index (κ1) is 20.0. The van der Waals surface area contributed by atoms with Gasteiger partial charge in [-0.05, 0) is 44.0 Å². The summed E-state index contributed by atoms with van der Waals surface area (Å²) in [7, 11) is 3.34. The van der Waals surface area contributed by atoms with Gasteiger partial charge in [0, 0.05) is 37.9 Å². The molecule has 0 bridgehead atoms. The Morgan fingerprint density at radius 1 is 1.39 bits per heavy atom. The van der Waals surface area contributed by atoms with Gasteiger partial charge in [0.15, 0.2) is 0 Å². The number of methoxy groups -OCH3 is 1. The maximum atomic E-state index is 13.4. The zero-order valence-electron chi connectivity index (χ0n) is 15.9. The molecule has 2 atom stereocenters. The number of halogens is 3. The quantitative estimate of drug-likeness (QED) is 0.780. The number of imidazole rings is 1. The molecule has 0 radical (unpaired) electrons. The molecule has 2 aromatic rings. The number of nitrogens with zero attached hydrogens (tertiary/aromatic N) is 4. The fourth-order valence-electron chi connectivity index (χ4n) is 3.60. The zero-order chi connectivity index (χ0) is 20.5. The van der Waals surface area contributed by atoms with Gasteiger partial charge in [-0.15, -0.1) is 0 Å². The van der Waals surface area contributed by atoms with E-state index in [-0.39, 0.29) is 6.04 Å². The van der Waals surface area contributed by atoms with Gasteiger partial charge in [-0.25, -0.2) is 4.98 Å². The maximum Gasteiger partial charge on any atom is 0.417 e. The van der Waals surface area contributed by atoms with E-state index in [0.717, 1.165) is 18.2 Å². The molecule has 0 fully saturated rings. The molecule has 0 saturated carbocycles. The average molecular weight is 390 g/mol. The van der Waals surface area contributed by atoms with Crippen molar-refractivity contribution in [3.63, 3.8) is 0 Å². The van der Waals surface area contributed by atoms with Crippen molar-refractivity contribution in [2.75, 3.05) is 19.1 Å². The first-order chi connectivity index (χ1) is 13.2. The molecule has 0 amide bonds. The number of allylic oxidation sites excluding steroid dienone is 1. The van der Waals surface area contributed by atoms with Gasteiger partial charge < -0.3 is 14.2 Å². The molecule has 1 aromatic carbocycles. The highest BCUT2D eigenvalue weighted by Gasteiger charge is 2.40. The van der Waals surface area contributed by atoms with Gasteiger partial charge >= 0.3 is 6.18 Å². The lowest BCUT2D eigenvalue weighted by molar-refractivity contribution is -0.137. The van der Waals surface area contributed by atoms with Crippen molar-refractivity contribution in [1.82, 2.24) is 9.55 Å². The topological polar surface area (TPSA) is 54.1 Å². The first-order valence-corrected chi connectivity index (χ1v) is 8.78. The first-order valence-electron chi connectivity index (χ1n) is 8.78. The summed E-state index contributed by atoms with van der Waals surface area (Å²) < 4.78 is 47.8. The van der Waals surface area contributed by atoms with Crippen LogP contribution in [0.25, 0.3) is 5.70 Å². The standard InChI is InChI=1S/C20H21F3N4O/c1-19(28-3)7-6-16(27-9-8-25-13-27)11-18(19)26(2)15-5-4-14(12-24)17(10-15)20(21,22)23/h4-5,8-11,13,18H,6-7H2,1-3H3. The van der Waals surface area contributed by atoms with E-state index in [1.165, 1.54) is 12.1 Å². The maximum absolute atomic E-state index is 13.4. The summed E-state index contributed by atoms with van der Waals surface area (Å²) in [6, 6.07) is 5.07. The molecule has 1 aliphatic rings. The van der Waals surface area contributed by atoms with Crippen LogP contribution in [-0.4, -0.2) is 35.4 Å². The Hall–Kier alpha value is -2.79. The van der Waals surface area contributed by atoms with E-state index in [4.69, 9.17) is 10.00 Å². The van der Waals surface area contributed by atoms with Gasteiger partial charge in [-0.1, -0.05) is 0 Å². The van der Waals surface area contributed by atoms with Crippen molar-refractivity contribution < 1.29 is 17.9 Å². The number of hydrogen-bond donors (Lipinski definition) is 0. The predicted molar refractivity (Wildman–Crippen MR) is 99.5 cm³/mol. The van der Waals surface area contributed by atoms with E-state index in [0.29, 0.717) is 12.1 Å². The van der Waals surface area contributed by atoms with E-state index in [2.05, 4.69) is 4.98 Å². The molecule has 1 aliphatic carbocycles. The molecule has 148 valence electrons. The molecule has 3 rings (SSSR count). The van der Waals surface area contributed by atoms with Crippen LogP contribution in [0.3, 0.4) is 0 Å². The normalized spacial score (nSPS) is 22.5. The summed E-state index contributed by atoms with van der Waals surface area (Å²) in [5.74, 6) is 0. The molecule has 1 aromatic heterocycles. The molecular weight excluding hydrogens is 369 g/mol. The molecule has 2 unspecified atom stereocenters. The Kier molecular flexibility index (Phi) is 5.22. The third-order valence-corrected chi connectivity index (χ3v) is 5.41. The molecule has 5 nitrogen and oxygen atoms in total. The number of aromatic nitrogens is 2. The summed E-state index contributed by atoms with van der Waals surface area (Å²) in [5, 5.41) is 9.02. The molecular formula is C20H21F3N4O. The molecule has 0 N–H and O–H groups in total. The highest BCUT2D eigenvalue weighted by atomic mass is 19.4. The highest BCUT2D eigenvalue weighted by molar-refractivity contribution is 5.59. The Bertz CT molecular complexity index is 915. The van der Waals surface area contributed by atoms with Gasteiger partial charge in [-0.3, -0.25) is 0 Å². The monoisotopic (exact) mass is 390 g/mol. The second kappa shape index (κ2) is 7.32. The number of benzene rings is 1. The zero-order valence-corrected chi connectivity index (χ0v) is 15.9. The lowest BCUT2D eigenvalue weighted by Crippen LogP contribution is -2.52. The van der Waals surface area contributed by atoms with Crippen molar-refractivity contribution in [3.8, 4) is 6.07 Å². The van der Waals surface area contributed by atoms with Crippen LogP contribution in [0.2, 0.25) is 0 Å². The van der Waals surface area contributed by atoms with Crippen LogP contribution in [-0.2, 0) is 10.9 Å². The Morgan fingerprint density at radius 2 is 2.14 bits per heavy atom. The van der Waals surface area contributed by atoms with Crippen LogP contribution >= 0.6 is 0 Å². The number of likely N-dealkylation sites (N-methyl/N-ethyl adjacent to an activating group) is 1. The van der Waals surface area contributed by atoms with E-state index in [9.17, 15) is 13.2 Å². The molecule has 0 spiro atoms. The number of nitriles is 1. The van der Waals surface area contributed by atoms with Crippen LogP contribution in [0.4, 0.5) is 18.9 Å². The number of rotatable bonds is 4. The number of alkyl halides is 3. The van der Waals surface area contributed by atoms with Crippen molar-refractivity contribution in [1.29, 1.82) is 5.26 Å². The minimum atomic E-state index is -4.60. The van der Waals surface area contributed by atoms with Crippen molar-refractivity contribution in [2.45, 2.75) is 37.6 Å². The van der Waals surface area contributed by atoms with Crippen LogP contribution in [0.1, 0.15) is 30.9 Å². The van der Waals surface area contributed by atoms with Crippen molar-refractivity contribution in [3.05, 3.63) is 54.1 Å². The second-order valence-corrected chi connectivity index (χ2v) is 7.04. The van der Waals surface area contributed by atoms with E-state index in [1.54, 1.807) is 37.7 Å². The minimum Gasteiger partial charge on any atom is -0.376 e. The summed E-state index contributed by atoms with van der Waals surface area (Å²) in [5.41, 5.74) is -0.535. The molecule has 0 saturated heterocycles. The molecule has 8 heteroatoms. The predicted octanol–water partition coefficient (Wildman–Crippen LogP) is 4.32. The lowest BCUT2D eigenvalue weighted by atomic mass is 9.83. The molecule has 28 heavy (non-hydrogen) atoms. The summed E-state index contributed by atoms with van der Waals surface area (Å²) >= 11 is 0. The smallest absolute Gasteiger partial charge is 0.376 e. The largest absolute Gasteiger partial charge is 0.417 e. The highest BCUT2D eigenvalue weighted by Crippen LogP contribution is 2.39. The summed E-state index contributed by atoms with van der Waals surface area (Å²) in [6.45, 7) is 1.95. The Morgan fingerprint density at radius 3 is 2.71 bits per heavy atom. The fraction of sp³-hybridized carbons (Fsp3) is 0.400. The number of ether oxygens (including phenoxy) is 1. The summed E-state index contributed by atoms with van der Waals surface area (Å²) in [4.78, 5) is 5.82. The third kappa shape index (κ3) is 3.62. The van der Waals surface area contributed by atoms with Gasteiger partial charge in [0.25, 0.3) is 0 Å². The van der Waals surface area contributed by atoms with E-state index >= 15 is 0 Å². The molecule has 1 heterocycles. The van der Waals surface area contributed by atoms with Gasteiger partial charge in [0.1, 0.15) is 0 Å². The number of anilines is 1. The van der Waals surface area contributed by atoms with E-state index in [1.807, 2.05) is 23.8 Å². The fourth-order valence-corrected chi connectivity index (χ4v) is 3.60. The van der Waals surface area contributed by atoms with Crippen LogP contribution in [0.5, 0.6) is 0 Å². The Labute approximate surface area is 161 Å². The lowest BCUT2D eigenvalue weighted by Gasteiger charge is -2.44. The van der Waals surface area contributed by atoms with E-state index < -0.39 is 22.9 Å². The van der Waals surface area contributed by atoms with Gasteiger partial charge in [0.05, 0.1) is 35.2 Å². The third-order valence-electron chi connectivity index (χ3n) is 5.41. The Balaban J connectivity index is 2.04. The second-order valence-electron chi connectivity index (χ2n) is 7.04. The van der Waals surface area contributed by atoms with Crippen LogP contribution < -0.4 is 4.90 Å².